The summed E-state index contributed by atoms with van der Waals surface area (Å²) in [4.78, 5) is 4.62. The molecule has 0 amide bonds. The fourth-order valence-corrected chi connectivity index (χ4v) is 2.88. The Balaban J connectivity index is 1.67. The first-order valence-corrected chi connectivity index (χ1v) is 8.24. The smallest absolute Gasteiger partial charge is 0.182 e. The summed E-state index contributed by atoms with van der Waals surface area (Å²) in [7, 11) is 0. The average Bonchev–Trinajstić information content (AvgIpc) is 3.08. The van der Waals surface area contributed by atoms with Crippen molar-refractivity contribution in [3.8, 4) is 11.4 Å². The van der Waals surface area contributed by atoms with Crippen molar-refractivity contribution in [3.05, 3.63) is 78.4 Å². The maximum absolute atomic E-state index is 6.18. The van der Waals surface area contributed by atoms with E-state index >= 15 is 0 Å². The summed E-state index contributed by atoms with van der Waals surface area (Å²) in [6.45, 7) is 2.12. The fourth-order valence-electron chi connectivity index (χ4n) is 2.88. The highest BCUT2D eigenvalue weighted by atomic mass is 15.3. The summed E-state index contributed by atoms with van der Waals surface area (Å²) >= 11 is 0. The van der Waals surface area contributed by atoms with Crippen LogP contribution < -0.4 is 11.1 Å². The lowest BCUT2D eigenvalue weighted by molar-refractivity contribution is 0.882. The summed E-state index contributed by atoms with van der Waals surface area (Å²) < 4.78 is 1.67. The molecule has 5 heteroatoms. The predicted octanol–water partition coefficient (Wildman–Crippen LogP) is 4.15. The van der Waals surface area contributed by atoms with Crippen molar-refractivity contribution in [2.75, 3.05) is 11.1 Å². The normalized spacial score (nSPS) is 12.2. The van der Waals surface area contributed by atoms with E-state index in [9.17, 15) is 0 Å². The first-order valence-electron chi connectivity index (χ1n) is 8.24. The van der Waals surface area contributed by atoms with E-state index in [2.05, 4.69) is 34.5 Å². The van der Waals surface area contributed by atoms with Crippen LogP contribution in [0, 0.1) is 0 Å². The summed E-state index contributed by atoms with van der Waals surface area (Å²) in [5.41, 5.74) is 10.0. The molecule has 5 nitrogen and oxygen atoms in total. The zero-order chi connectivity index (χ0) is 17.2. The van der Waals surface area contributed by atoms with Crippen LogP contribution in [0.25, 0.3) is 17.0 Å². The molecule has 2 aromatic heterocycles. The van der Waals surface area contributed by atoms with Gasteiger partial charge in [-0.05, 0) is 12.5 Å². The number of nitrogens with one attached hydrogen (secondary N) is 1. The molecule has 25 heavy (non-hydrogen) atoms. The third-order valence-corrected chi connectivity index (χ3v) is 4.18. The topological polar surface area (TPSA) is 68.2 Å². The summed E-state index contributed by atoms with van der Waals surface area (Å²) in [6.07, 6.45) is 0. The van der Waals surface area contributed by atoms with E-state index < -0.39 is 0 Å². The third kappa shape index (κ3) is 3.04. The van der Waals surface area contributed by atoms with Crippen molar-refractivity contribution >= 4 is 17.2 Å². The number of aromatic nitrogens is 3. The molecule has 0 aliphatic rings. The van der Waals surface area contributed by atoms with E-state index in [1.54, 1.807) is 4.52 Å². The second-order valence-corrected chi connectivity index (χ2v) is 6.02. The van der Waals surface area contributed by atoms with E-state index in [1.807, 2.05) is 60.7 Å². The number of anilines is 2. The van der Waals surface area contributed by atoms with E-state index in [1.165, 1.54) is 5.56 Å². The van der Waals surface area contributed by atoms with E-state index in [-0.39, 0.29) is 6.04 Å². The van der Waals surface area contributed by atoms with Crippen molar-refractivity contribution in [1.82, 2.24) is 14.6 Å². The highest BCUT2D eigenvalue weighted by Gasteiger charge is 2.11. The van der Waals surface area contributed by atoms with Gasteiger partial charge in [-0.1, -0.05) is 60.7 Å². The highest BCUT2D eigenvalue weighted by Crippen LogP contribution is 2.24. The molecule has 4 aromatic rings. The first-order chi connectivity index (χ1) is 12.2. The zero-order valence-corrected chi connectivity index (χ0v) is 13.9. The molecule has 1 unspecified atom stereocenters. The van der Waals surface area contributed by atoms with Crippen LogP contribution in [0.4, 0.5) is 11.5 Å². The van der Waals surface area contributed by atoms with Crippen LogP contribution >= 0.6 is 0 Å². The van der Waals surface area contributed by atoms with E-state index in [0.29, 0.717) is 11.6 Å². The van der Waals surface area contributed by atoms with Crippen LogP contribution in [0.2, 0.25) is 0 Å². The van der Waals surface area contributed by atoms with Crippen LogP contribution in [0.15, 0.2) is 72.8 Å². The van der Waals surface area contributed by atoms with Crippen LogP contribution in [0.3, 0.4) is 0 Å². The number of rotatable bonds is 4. The molecule has 0 saturated carbocycles. The minimum Gasteiger partial charge on any atom is -0.384 e. The van der Waals surface area contributed by atoms with Gasteiger partial charge in [-0.2, -0.15) is 4.52 Å². The summed E-state index contributed by atoms with van der Waals surface area (Å²) in [5, 5.41) is 7.99. The van der Waals surface area contributed by atoms with E-state index in [4.69, 9.17) is 5.73 Å². The van der Waals surface area contributed by atoms with Gasteiger partial charge in [0.15, 0.2) is 11.5 Å². The lowest BCUT2D eigenvalue weighted by atomic mass is 10.1. The molecule has 3 N–H and O–H groups in total. The molecule has 2 heterocycles. The van der Waals surface area contributed by atoms with Crippen molar-refractivity contribution in [2.45, 2.75) is 13.0 Å². The lowest BCUT2D eigenvalue weighted by Crippen LogP contribution is -2.08. The van der Waals surface area contributed by atoms with Gasteiger partial charge < -0.3 is 11.1 Å². The van der Waals surface area contributed by atoms with Gasteiger partial charge in [0.05, 0.1) is 0 Å². The maximum atomic E-state index is 6.18. The largest absolute Gasteiger partial charge is 0.384 e. The molecule has 1 atom stereocenters. The van der Waals surface area contributed by atoms with Crippen molar-refractivity contribution in [3.63, 3.8) is 0 Å². The molecule has 0 radical (unpaired) electrons. The van der Waals surface area contributed by atoms with Crippen LogP contribution in [0.1, 0.15) is 18.5 Å². The van der Waals surface area contributed by atoms with Gasteiger partial charge in [-0.25, -0.2) is 4.98 Å². The number of nitrogens with two attached hydrogens (primary N) is 1. The van der Waals surface area contributed by atoms with Crippen LogP contribution in [0.5, 0.6) is 0 Å². The van der Waals surface area contributed by atoms with Gasteiger partial charge in [0.25, 0.3) is 0 Å². The molecule has 0 spiro atoms. The van der Waals surface area contributed by atoms with Gasteiger partial charge in [0, 0.05) is 29.4 Å². The van der Waals surface area contributed by atoms with Crippen molar-refractivity contribution in [2.24, 2.45) is 0 Å². The van der Waals surface area contributed by atoms with Gasteiger partial charge in [-0.15, -0.1) is 5.10 Å². The molecule has 124 valence electrons. The number of nitrogen functional groups attached to an aromatic ring is 1. The highest BCUT2D eigenvalue weighted by molar-refractivity contribution is 5.65. The molecule has 0 aliphatic carbocycles. The fraction of sp³-hybridized carbons (Fsp3) is 0.100. The molecule has 0 fully saturated rings. The zero-order valence-electron chi connectivity index (χ0n) is 13.9. The quantitative estimate of drug-likeness (QED) is 0.590. The standard InChI is InChI=1S/C20H19N5/c1-14(15-8-4-2-5-9-15)22-17-12-18(21)25-19(13-17)23-20(24-25)16-10-6-3-7-11-16/h2-14,22H,21H2,1H3. The first kappa shape index (κ1) is 15.2. The molecule has 4 rings (SSSR count). The van der Waals surface area contributed by atoms with Gasteiger partial charge in [0.2, 0.25) is 0 Å². The van der Waals surface area contributed by atoms with Crippen LogP contribution in [-0.4, -0.2) is 14.6 Å². The minimum atomic E-state index is 0.166. The molecule has 0 aliphatic heterocycles. The monoisotopic (exact) mass is 329 g/mol. The second-order valence-electron chi connectivity index (χ2n) is 6.02. The summed E-state index contributed by atoms with van der Waals surface area (Å²) in [5.74, 6) is 1.22. The van der Waals surface area contributed by atoms with Crippen LogP contribution in [-0.2, 0) is 0 Å². The minimum absolute atomic E-state index is 0.166. The molecule has 0 bridgehead atoms. The Morgan fingerprint density at radius 2 is 1.64 bits per heavy atom. The molecule has 2 aromatic carbocycles. The predicted molar refractivity (Wildman–Crippen MR) is 101 cm³/mol. The van der Waals surface area contributed by atoms with Crippen molar-refractivity contribution < 1.29 is 0 Å². The Morgan fingerprint density at radius 3 is 2.36 bits per heavy atom. The lowest BCUT2D eigenvalue weighted by Gasteiger charge is -2.16. The molecule has 0 saturated heterocycles. The Kier molecular flexibility index (Phi) is 3.82. The van der Waals surface area contributed by atoms with E-state index in [0.717, 1.165) is 16.9 Å². The number of pyridine rings is 1. The molecular weight excluding hydrogens is 310 g/mol. The number of hydrogen-bond acceptors (Lipinski definition) is 4. The van der Waals surface area contributed by atoms with Gasteiger partial charge in [0.1, 0.15) is 5.82 Å². The average molecular weight is 329 g/mol. The Labute approximate surface area is 146 Å². The van der Waals surface area contributed by atoms with Gasteiger partial charge in [-0.3, -0.25) is 0 Å². The Hall–Kier alpha value is -3.34. The number of benzene rings is 2. The summed E-state index contributed by atoms with van der Waals surface area (Å²) in [6, 6.07) is 24.2. The molecular formula is C20H19N5. The number of fused-ring (bicyclic) bond motifs is 1. The number of hydrogen-bond donors (Lipinski definition) is 2. The van der Waals surface area contributed by atoms with Gasteiger partial charge >= 0.3 is 0 Å². The number of nitrogens with zero attached hydrogens (tertiary/aromatic N) is 3. The second kappa shape index (κ2) is 6.28. The Bertz CT molecular complexity index is 993. The Morgan fingerprint density at radius 1 is 0.960 bits per heavy atom. The van der Waals surface area contributed by atoms with Crippen molar-refractivity contribution in [1.29, 1.82) is 0 Å². The SMILES string of the molecule is CC(Nc1cc(N)n2nc(-c3ccccc3)nc2c1)c1ccccc1. The third-order valence-electron chi connectivity index (χ3n) is 4.18. The maximum Gasteiger partial charge on any atom is 0.182 e.